The van der Waals surface area contributed by atoms with Crippen molar-refractivity contribution in [1.29, 1.82) is 0 Å². The number of non-ortho nitro benzene ring substituents is 1. The number of hydrogen-bond donors (Lipinski definition) is 1. The van der Waals surface area contributed by atoms with Crippen LogP contribution in [0.15, 0.2) is 42.5 Å². The normalized spacial score (nSPS) is 10.0. The van der Waals surface area contributed by atoms with Crippen molar-refractivity contribution in [2.24, 2.45) is 0 Å². The van der Waals surface area contributed by atoms with Crippen LogP contribution in [0.25, 0.3) is 0 Å². The van der Waals surface area contributed by atoms with E-state index in [1.165, 1.54) is 32.2 Å². The largest absolute Gasteiger partial charge is 0.489 e. The Bertz CT molecular complexity index is 819. The molecule has 0 aliphatic heterocycles. The Morgan fingerprint density at radius 1 is 1.20 bits per heavy atom. The van der Waals surface area contributed by atoms with Crippen LogP contribution < -0.4 is 10.1 Å². The summed E-state index contributed by atoms with van der Waals surface area (Å²) in [6.45, 7) is 1.31. The van der Waals surface area contributed by atoms with Crippen LogP contribution >= 0.6 is 0 Å². The monoisotopic (exact) mass is 344 g/mol. The summed E-state index contributed by atoms with van der Waals surface area (Å²) >= 11 is 0. The van der Waals surface area contributed by atoms with E-state index in [9.17, 15) is 19.7 Å². The molecule has 0 saturated heterocycles. The highest BCUT2D eigenvalue weighted by atomic mass is 16.6. The van der Waals surface area contributed by atoms with Gasteiger partial charge in [0.1, 0.15) is 12.4 Å². The number of ether oxygens (including phenoxy) is 2. The lowest BCUT2D eigenvalue weighted by Crippen LogP contribution is -2.09. The number of nitrogens with zero attached hydrogens (tertiary/aromatic N) is 1. The smallest absolute Gasteiger partial charge is 0.338 e. The van der Waals surface area contributed by atoms with Crippen molar-refractivity contribution >= 4 is 23.3 Å². The predicted octanol–water partition coefficient (Wildman–Crippen LogP) is 2.92. The highest BCUT2D eigenvalue weighted by molar-refractivity contribution is 5.91. The summed E-state index contributed by atoms with van der Waals surface area (Å²) in [4.78, 5) is 33.3. The second-order valence-electron chi connectivity index (χ2n) is 5.09. The summed E-state index contributed by atoms with van der Waals surface area (Å²) in [7, 11) is 1.23. The second kappa shape index (κ2) is 7.91. The third-order valence-electron chi connectivity index (χ3n) is 3.25. The van der Waals surface area contributed by atoms with E-state index in [4.69, 9.17) is 4.74 Å². The lowest BCUT2D eigenvalue weighted by atomic mass is 10.1. The van der Waals surface area contributed by atoms with Crippen LogP contribution in [0.1, 0.15) is 22.8 Å². The number of nitro benzene ring substituents is 1. The number of anilines is 1. The summed E-state index contributed by atoms with van der Waals surface area (Å²) in [5.41, 5.74) is 0.910. The zero-order valence-electron chi connectivity index (χ0n) is 13.6. The summed E-state index contributed by atoms with van der Waals surface area (Å²) in [5, 5.41) is 13.6. The molecule has 0 aliphatic rings. The first-order chi connectivity index (χ1) is 11.9. The maximum absolute atomic E-state index is 11.8. The van der Waals surface area contributed by atoms with E-state index in [0.717, 1.165) is 0 Å². The fourth-order valence-corrected chi connectivity index (χ4v) is 2.15. The second-order valence-corrected chi connectivity index (χ2v) is 5.09. The first-order valence-corrected chi connectivity index (χ1v) is 7.27. The van der Waals surface area contributed by atoms with E-state index < -0.39 is 10.9 Å². The van der Waals surface area contributed by atoms with Gasteiger partial charge in [-0.15, -0.1) is 0 Å². The van der Waals surface area contributed by atoms with Gasteiger partial charge in [-0.05, 0) is 18.2 Å². The van der Waals surface area contributed by atoms with Gasteiger partial charge in [0.05, 0.1) is 17.6 Å². The molecule has 25 heavy (non-hydrogen) atoms. The van der Waals surface area contributed by atoms with Gasteiger partial charge in [0, 0.05) is 36.4 Å². The number of carbonyl (C=O) groups is 2. The molecule has 2 aromatic rings. The van der Waals surface area contributed by atoms with Gasteiger partial charge >= 0.3 is 5.97 Å². The molecule has 2 rings (SSSR count). The number of rotatable bonds is 6. The first kappa shape index (κ1) is 17.9. The van der Waals surface area contributed by atoms with Crippen molar-refractivity contribution < 1.29 is 24.0 Å². The van der Waals surface area contributed by atoms with Gasteiger partial charge in [-0.1, -0.05) is 6.07 Å². The zero-order chi connectivity index (χ0) is 18.4. The lowest BCUT2D eigenvalue weighted by molar-refractivity contribution is -0.384. The number of hydrogen-bond acceptors (Lipinski definition) is 6. The topological polar surface area (TPSA) is 108 Å². The summed E-state index contributed by atoms with van der Waals surface area (Å²) in [6.07, 6.45) is 0. The molecule has 0 aromatic heterocycles. The molecule has 0 heterocycles. The maximum atomic E-state index is 11.8. The predicted molar refractivity (Wildman–Crippen MR) is 89.5 cm³/mol. The third kappa shape index (κ3) is 4.77. The Morgan fingerprint density at radius 2 is 1.96 bits per heavy atom. The molecular weight excluding hydrogens is 328 g/mol. The molecule has 0 spiro atoms. The van der Waals surface area contributed by atoms with E-state index >= 15 is 0 Å². The fraction of sp³-hybridized carbons (Fsp3) is 0.176. The number of amides is 1. The third-order valence-corrected chi connectivity index (χ3v) is 3.25. The van der Waals surface area contributed by atoms with Gasteiger partial charge in [0.2, 0.25) is 5.91 Å². The number of nitrogens with one attached hydrogen (secondary N) is 1. The number of esters is 1. The van der Waals surface area contributed by atoms with Crippen LogP contribution in [0.2, 0.25) is 0 Å². The Kier molecular flexibility index (Phi) is 5.67. The minimum Gasteiger partial charge on any atom is -0.489 e. The fourth-order valence-electron chi connectivity index (χ4n) is 2.15. The number of benzene rings is 2. The van der Waals surface area contributed by atoms with Gasteiger partial charge in [-0.3, -0.25) is 14.9 Å². The minimum absolute atomic E-state index is 0.0738. The van der Waals surface area contributed by atoms with Crippen molar-refractivity contribution in [1.82, 2.24) is 0 Å². The van der Waals surface area contributed by atoms with E-state index in [-0.39, 0.29) is 23.8 Å². The highest BCUT2D eigenvalue weighted by Crippen LogP contribution is 2.22. The molecule has 8 nitrogen and oxygen atoms in total. The van der Waals surface area contributed by atoms with Crippen molar-refractivity contribution in [3.05, 3.63) is 63.7 Å². The molecule has 0 saturated carbocycles. The molecule has 0 radical (unpaired) electrons. The van der Waals surface area contributed by atoms with Gasteiger partial charge in [0.25, 0.3) is 5.69 Å². The highest BCUT2D eigenvalue weighted by Gasteiger charge is 2.17. The molecule has 0 fully saturated rings. The number of nitro groups is 1. The summed E-state index contributed by atoms with van der Waals surface area (Å²) < 4.78 is 10.3. The van der Waals surface area contributed by atoms with E-state index in [1.807, 2.05) is 0 Å². The van der Waals surface area contributed by atoms with E-state index in [2.05, 4.69) is 10.1 Å². The zero-order valence-corrected chi connectivity index (χ0v) is 13.6. The van der Waals surface area contributed by atoms with Crippen LogP contribution in [-0.2, 0) is 16.1 Å². The Hall–Kier alpha value is -3.42. The average molecular weight is 344 g/mol. The van der Waals surface area contributed by atoms with Gasteiger partial charge in [-0.2, -0.15) is 0 Å². The van der Waals surface area contributed by atoms with Crippen LogP contribution in [-0.4, -0.2) is 23.9 Å². The van der Waals surface area contributed by atoms with Crippen molar-refractivity contribution in [3.8, 4) is 5.75 Å². The quantitative estimate of drug-likeness (QED) is 0.490. The van der Waals surface area contributed by atoms with E-state index in [0.29, 0.717) is 17.0 Å². The van der Waals surface area contributed by atoms with Crippen molar-refractivity contribution in [3.63, 3.8) is 0 Å². The van der Waals surface area contributed by atoms with Gasteiger partial charge < -0.3 is 14.8 Å². The molecule has 0 unspecified atom stereocenters. The minimum atomic E-state index is -0.611. The molecule has 0 bridgehead atoms. The van der Waals surface area contributed by atoms with Crippen molar-refractivity contribution in [2.75, 3.05) is 12.4 Å². The molecule has 8 heteroatoms. The average Bonchev–Trinajstić information content (AvgIpc) is 2.58. The van der Waals surface area contributed by atoms with Crippen LogP contribution in [0.5, 0.6) is 5.75 Å². The first-order valence-electron chi connectivity index (χ1n) is 7.27. The molecule has 0 aliphatic carbocycles. The van der Waals surface area contributed by atoms with Gasteiger partial charge in [0.15, 0.2) is 0 Å². The standard InChI is InChI=1S/C17H16N2O6/c1-11(20)18-13-4-3-5-15(9-13)25-10-12-8-14(19(22)23)6-7-16(12)17(21)24-2/h3-9H,10H2,1-2H3,(H,18,20). The molecule has 1 N–H and O–H groups in total. The maximum Gasteiger partial charge on any atom is 0.338 e. The van der Waals surface area contributed by atoms with Gasteiger partial charge in [-0.25, -0.2) is 4.79 Å². The van der Waals surface area contributed by atoms with Crippen molar-refractivity contribution in [2.45, 2.75) is 13.5 Å². The van der Waals surface area contributed by atoms with E-state index in [1.54, 1.807) is 24.3 Å². The van der Waals surface area contributed by atoms with Crippen LogP contribution in [0, 0.1) is 10.1 Å². The Morgan fingerprint density at radius 3 is 2.60 bits per heavy atom. The van der Waals surface area contributed by atoms with Crippen LogP contribution in [0.3, 0.4) is 0 Å². The number of carbonyl (C=O) groups excluding carboxylic acids is 2. The Labute approximate surface area is 143 Å². The molecular formula is C17H16N2O6. The van der Waals surface area contributed by atoms with Crippen LogP contribution in [0.4, 0.5) is 11.4 Å². The SMILES string of the molecule is COC(=O)c1ccc([N+](=O)[O-])cc1COc1cccc(NC(C)=O)c1. The summed E-state index contributed by atoms with van der Waals surface area (Å²) in [6, 6.07) is 10.5. The molecule has 1 amide bonds. The number of methoxy groups -OCH3 is 1. The lowest BCUT2D eigenvalue weighted by Gasteiger charge is -2.11. The summed E-state index contributed by atoms with van der Waals surface area (Å²) in [5.74, 6) is -0.391. The molecule has 130 valence electrons. The molecule has 0 atom stereocenters. The molecule has 2 aromatic carbocycles. The Balaban J connectivity index is 2.24.